The molecule has 1 fully saturated rings. The number of benzene rings is 2. The molecule has 23 heavy (non-hydrogen) atoms. The third-order valence-electron chi connectivity index (χ3n) is 3.74. The molecule has 1 amide bonds. The smallest absolute Gasteiger partial charge is 0.227 e. The molecule has 0 saturated heterocycles. The Morgan fingerprint density at radius 1 is 1.17 bits per heavy atom. The Kier molecular flexibility index (Phi) is 4.72. The molecule has 0 aromatic heterocycles. The fourth-order valence-corrected chi connectivity index (χ4v) is 2.51. The number of methoxy groups -OCH3 is 1. The molecule has 0 bridgehead atoms. The Hall–Kier alpha value is -2.20. The van der Waals surface area contributed by atoms with Crippen molar-refractivity contribution >= 4 is 23.2 Å². The van der Waals surface area contributed by atoms with E-state index in [0.717, 1.165) is 18.4 Å². The van der Waals surface area contributed by atoms with Crippen molar-refractivity contribution in [1.82, 2.24) is 0 Å². The number of ether oxygens (including phenoxy) is 2. The van der Waals surface area contributed by atoms with Gasteiger partial charge in [-0.15, -0.1) is 0 Å². The van der Waals surface area contributed by atoms with Crippen LogP contribution in [0.5, 0.6) is 11.5 Å². The number of para-hydroxylation sites is 2. The molecular formula is C18H18ClNO3. The molecule has 0 unspecified atom stereocenters. The van der Waals surface area contributed by atoms with Gasteiger partial charge in [-0.2, -0.15) is 0 Å². The van der Waals surface area contributed by atoms with Crippen molar-refractivity contribution < 1.29 is 14.3 Å². The summed E-state index contributed by atoms with van der Waals surface area (Å²) in [5.74, 6) is 1.44. The van der Waals surface area contributed by atoms with Gasteiger partial charge in [0.25, 0.3) is 0 Å². The van der Waals surface area contributed by atoms with E-state index in [4.69, 9.17) is 21.1 Å². The van der Waals surface area contributed by atoms with Crippen LogP contribution in [0.15, 0.2) is 42.5 Å². The maximum atomic E-state index is 11.9. The molecule has 0 radical (unpaired) electrons. The first-order valence-corrected chi connectivity index (χ1v) is 7.91. The van der Waals surface area contributed by atoms with Crippen LogP contribution in [0, 0.1) is 5.92 Å². The Labute approximate surface area is 140 Å². The fourth-order valence-electron chi connectivity index (χ4n) is 2.26. The first kappa shape index (κ1) is 15.7. The Bertz CT molecular complexity index is 713. The van der Waals surface area contributed by atoms with Crippen LogP contribution in [0.4, 0.5) is 5.69 Å². The third kappa shape index (κ3) is 3.77. The normalized spacial score (nSPS) is 13.5. The molecule has 2 aromatic rings. The van der Waals surface area contributed by atoms with E-state index in [1.54, 1.807) is 13.2 Å². The molecule has 0 heterocycles. The van der Waals surface area contributed by atoms with Crippen LogP contribution in [-0.4, -0.2) is 13.0 Å². The van der Waals surface area contributed by atoms with Gasteiger partial charge in [-0.1, -0.05) is 35.9 Å². The van der Waals surface area contributed by atoms with Crippen molar-refractivity contribution in [3.8, 4) is 11.5 Å². The second-order valence-electron chi connectivity index (χ2n) is 5.48. The summed E-state index contributed by atoms with van der Waals surface area (Å²) >= 11 is 6.27. The van der Waals surface area contributed by atoms with E-state index >= 15 is 0 Å². The van der Waals surface area contributed by atoms with Crippen molar-refractivity contribution in [2.45, 2.75) is 19.4 Å². The van der Waals surface area contributed by atoms with Crippen molar-refractivity contribution in [3.63, 3.8) is 0 Å². The van der Waals surface area contributed by atoms with Gasteiger partial charge in [0.1, 0.15) is 18.1 Å². The number of anilines is 1. The van der Waals surface area contributed by atoms with E-state index in [1.165, 1.54) is 0 Å². The van der Waals surface area contributed by atoms with E-state index in [2.05, 4.69) is 5.32 Å². The van der Waals surface area contributed by atoms with Crippen LogP contribution in [0.2, 0.25) is 5.02 Å². The van der Waals surface area contributed by atoms with E-state index in [9.17, 15) is 4.79 Å². The van der Waals surface area contributed by atoms with Crippen molar-refractivity contribution in [2.75, 3.05) is 12.4 Å². The molecule has 3 rings (SSSR count). The van der Waals surface area contributed by atoms with Crippen LogP contribution in [0.1, 0.15) is 18.4 Å². The lowest BCUT2D eigenvalue weighted by Crippen LogP contribution is -2.14. The van der Waals surface area contributed by atoms with Gasteiger partial charge in [0.05, 0.1) is 17.8 Å². The number of hydrogen-bond acceptors (Lipinski definition) is 3. The lowest BCUT2D eigenvalue weighted by atomic mass is 10.2. The Morgan fingerprint density at radius 3 is 2.65 bits per heavy atom. The molecule has 120 valence electrons. The molecule has 1 aliphatic carbocycles. The second kappa shape index (κ2) is 6.92. The van der Waals surface area contributed by atoms with E-state index < -0.39 is 0 Å². The number of nitrogens with one attached hydrogen (secondary N) is 1. The van der Waals surface area contributed by atoms with Gasteiger partial charge in [0.2, 0.25) is 5.91 Å². The van der Waals surface area contributed by atoms with Crippen LogP contribution in [0.3, 0.4) is 0 Å². The zero-order chi connectivity index (χ0) is 16.2. The highest BCUT2D eigenvalue weighted by molar-refractivity contribution is 6.32. The number of carbonyl (C=O) groups excluding carboxylic acids is 1. The number of rotatable bonds is 6. The molecule has 0 aliphatic heterocycles. The molecule has 2 aromatic carbocycles. The van der Waals surface area contributed by atoms with Crippen LogP contribution < -0.4 is 14.8 Å². The number of halogens is 1. The standard InChI is InChI=1S/C18H18ClNO3/c1-22-16-8-4-5-13(17(16)19)11-23-15-7-3-2-6-14(15)20-18(21)12-9-10-12/h2-8,12H,9-11H2,1H3,(H,20,21). The Morgan fingerprint density at radius 2 is 1.91 bits per heavy atom. The minimum Gasteiger partial charge on any atom is -0.495 e. The Balaban J connectivity index is 1.72. The number of carbonyl (C=O) groups is 1. The summed E-state index contributed by atoms with van der Waals surface area (Å²) < 4.78 is 11.1. The third-order valence-corrected chi connectivity index (χ3v) is 4.17. The summed E-state index contributed by atoms with van der Waals surface area (Å²) in [6.07, 6.45) is 1.93. The summed E-state index contributed by atoms with van der Waals surface area (Å²) in [6.45, 7) is 0.298. The number of hydrogen-bond donors (Lipinski definition) is 1. The first-order valence-electron chi connectivity index (χ1n) is 7.53. The monoisotopic (exact) mass is 331 g/mol. The van der Waals surface area contributed by atoms with Gasteiger partial charge in [-0.3, -0.25) is 4.79 Å². The SMILES string of the molecule is COc1cccc(COc2ccccc2NC(=O)C2CC2)c1Cl. The minimum atomic E-state index is 0.0560. The predicted molar refractivity (Wildman–Crippen MR) is 90.1 cm³/mol. The highest BCUT2D eigenvalue weighted by Gasteiger charge is 2.30. The minimum absolute atomic E-state index is 0.0560. The lowest BCUT2D eigenvalue weighted by molar-refractivity contribution is -0.117. The van der Waals surface area contributed by atoms with Crippen molar-refractivity contribution in [2.24, 2.45) is 5.92 Å². The van der Waals surface area contributed by atoms with Gasteiger partial charge in [0, 0.05) is 11.5 Å². The summed E-state index contributed by atoms with van der Waals surface area (Å²) in [6, 6.07) is 13.0. The lowest BCUT2D eigenvalue weighted by Gasteiger charge is -2.14. The summed E-state index contributed by atoms with van der Waals surface area (Å²) in [5.41, 5.74) is 1.51. The zero-order valence-electron chi connectivity index (χ0n) is 12.8. The molecule has 1 saturated carbocycles. The summed E-state index contributed by atoms with van der Waals surface area (Å²) in [5, 5.41) is 3.46. The average Bonchev–Trinajstić information content (AvgIpc) is 3.40. The van der Waals surface area contributed by atoms with E-state index in [1.807, 2.05) is 36.4 Å². The van der Waals surface area contributed by atoms with Crippen LogP contribution in [0.25, 0.3) is 0 Å². The average molecular weight is 332 g/mol. The topological polar surface area (TPSA) is 47.6 Å². The summed E-state index contributed by atoms with van der Waals surface area (Å²) in [7, 11) is 1.58. The van der Waals surface area contributed by atoms with E-state index in [0.29, 0.717) is 28.8 Å². The van der Waals surface area contributed by atoms with Crippen molar-refractivity contribution in [1.29, 1.82) is 0 Å². The predicted octanol–water partition coefficient (Wildman–Crippen LogP) is 4.28. The molecule has 0 spiro atoms. The zero-order valence-corrected chi connectivity index (χ0v) is 13.6. The molecule has 1 aliphatic rings. The van der Waals surface area contributed by atoms with Gasteiger partial charge >= 0.3 is 0 Å². The maximum Gasteiger partial charge on any atom is 0.227 e. The first-order chi connectivity index (χ1) is 11.2. The second-order valence-corrected chi connectivity index (χ2v) is 5.86. The van der Waals surface area contributed by atoms with Crippen LogP contribution >= 0.6 is 11.6 Å². The van der Waals surface area contributed by atoms with Crippen molar-refractivity contribution in [3.05, 3.63) is 53.1 Å². The van der Waals surface area contributed by atoms with Gasteiger partial charge in [-0.25, -0.2) is 0 Å². The summed E-state index contributed by atoms with van der Waals surface area (Å²) in [4.78, 5) is 11.9. The molecular weight excluding hydrogens is 314 g/mol. The van der Waals surface area contributed by atoms with E-state index in [-0.39, 0.29) is 11.8 Å². The van der Waals surface area contributed by atoms with Gasteiger partial charge in [0.15, 0.2) is 0 Å². The van der Waals surface area contributed by atoms with Gasteiger partial charge < -0.3 is 14.8 Å². The molecule has 5 heteroatoms. The number of amides is 1. The molecule has 0 atom stereocenters. The fraction of sp³-hybridized carbons (Fsp3) is 0.278. The largest absolute Gasteiger partial charge is 0.495 e. The molecule has 1 N–H and O–H groups in total. The maximum absolute atomic E-state index is 11.9. The van der Waals surface area contributed by atoms with Gasteiger partial charge in [-0.05, 0) is 31.0 Å². The molecule has 4 nitrogen and oxygen atoms in total. The highest BCUT2D eigenvalue weighted by Crippen LogP contribution is 2.33. The quantitative estimate of drug-likeness (QED) is 0.859. The highest BCUT2D eigenvalue weighted by atomic mass is 35.5. The van der Waals surface area contributed by atoms with Crippen LogP contribution in [-0.2, 0) is 11.4 Å².